The number of halogens is 4. The lowest BCUT2D eigenvalue weighted by atomic mass is 10.2. The number of hydrogen-bond acceptors (Lipinski definition) is 1. The Morgan fingerprint density at radius 2 is 1.92 bits per heavy atom. The fraction of sp³-hybridized carbons (Fsp3) is 0. The van der Waals surface area contributed by atoms with E-state index in [-0.39, 0.29) is 15.6 Å². The van der Waals surface area contributed by atoms with E-state index in [4.69, 9.17) is 34.8 Å². The molecular formula is C7H2Cl3FO. The van der Waals surface area contributed by atoms with E-state index >= 15 is 0 Å². The smallest absolute Gasteiger partial charge is 0.256 e. The minimum atomic E-state index is -0.958. The van der Waals surface area contributed by atoms with Crippen LogP contribution >= 0.6 is 34.8 Å². The average Bonchev–Trinajstić information content (AvgIpc) is 1.97. The maximum absolute atomic E-state index is 12.8. The van der Waals surface area contributed by atoms with Crippen LogP contribution < -0.4 is 0 Å². The highest BCUT2D eigenvalue weighted by molar-refractivity contribution is 6.69. The molecule has 1 aromatic rings. The van der Waals surface area contributed by atoms with Crippen molar-refractivity contribution in [3.05, 3.63) is 33.6 Å². The fourth-order valence-electron chi connectivity index (χ4n) is 0.707. The Kier molecular flexibility index (Phi) is 2.94. The van der Waals surface area contributed by atoms with E-state index in [2.05, 4.69) is 0 Å². The van der Waals surface area contributed by atoms with Crippen LogP contribution in [0, 0.1) is 5.82 Å². The summed E-state index contributed by atoms with van der Waals surface area (Å²) >= 11 is 16.1. The average molecular weight is 227 g/mol. The van der Waals surface area contributed by atoms with Crippen molar-refractivity contribution < 1.29 is 9.18 Å². The van der Waals surface area contributed by atoms with Gasteiger partial charge in [0.15, 0.2) is 0 Å². The normalized spacial score (nSPS) is 10.0. The number of carbonyl (C=O) groups is 1. The highest BCUT2D eigenvalue weighted by Gasteiger charge is 2.15. The molecule has 0 radical (unpaired) electrons. The number of hydrogen-bond donors (Lipinski definition) is 0. The third-order valence-electron chi connectivity index (χ3n) is 1.24. The minimum Gasteiger partial charge on any atom is -0.275 e. The number of rotatable bonds is 1. The van der Waals surface area contributed by atoms with Gasteiger partial charge in [-0.15, -0.1) is 0 Å². The van der Waals surface area contributed by atoms with Gasteiger partial charge in [-0.1, -0.05) is 23.2 Å². The lowest BCUT2D eigenvalue weighted by Crippen LogP contribution is -1.95. The molecular weight excluding hydrogens is 225 g/mol. The maximum Gasteiger partial charge on any atom is 0.256 e. The van der Waals surface area contributed by atoms with Crippen LogP contribution in [0.4, 0.5) is 4.39 Å². The molecule has 64 valence electrons. The first-order chi connectivity index (χ1) is 5.54. The van der Waals surface area contributed by atoms with E-state index in [1.165, 1.54) is 6.07 Å². The van der Waals surface area contributed by atoms with Gasteiger partial charge in [0.2, 0.25) is 0 Å². The first kappa shape index (κ1) is 9.78. The van der Waals surface area contributed by atoms with Crippen LogP contribution in [-0.2, 0) is 0 Å². The lowest BCUT2D eigenvalue weighted by Gasteiger charge is -2.01. The van der Waals surface area contributed by atoms with Crippen molar-refractivity contribution in [3.63, 3.8) is 0 Å². The largest absolute Gasteiger partial charge is 0.275 e. The van der Waals surface area contributed by atoms with Gasteiger partial charge in [0.05, 0.1) is 15.6 Å². The van der Waals surface area contributed by atoms with Crippen molar-refractivity contribution in [3.8, 4) is 0 Å². The van der Waals surface area contributed by atoms with Crippen LogP contribution in [0.15, 0.2) is 12.1 Å². The molecule has 1 rings (SSSR count). The summed E-state index contributed by atoms with van der Waals surface area (Å²) in [7, 11) is 0. The van der Waals surface area contributed by atoms with Gasteiger partial charge >= 0.3 is 0 Å². The van der Waals surface area contributed by atoms with Crippen molar-refractivity contribution in [2.45, 2.75) is 0 Å². The second kappa shape index (κ2) is 3.60. The first-order valence-electron chi connectivity index (χ1n) is 2.87. The Labute approximate surface area is 83.0 Å². The molecule has 0 aliphatic carbocycles. The zero-order valence-corrected chi connectivity index (χ0v) is 7.84. The molecule has 12 heavy (non-hydrogen) atoms. The van der Waals surface area contributed by atoms with E-state index in [9.17, 15) is 9.18 Å². The molecule has 0 saturated heterocycles. The maximum atomic E-state index is 12.8. The summed E-state index contributed by atoms with van der Waals surface area (Å²) in [4.78, 5) is 10.6. The van der Waals surface area contributed by atoms with Gasteiger partial charge in [0.1, 0.15) is 5.82 Å². The van der Waals surface area contributed by atoms with E-state index in [1.54, 1.807) is 0 Å². The van der Waals surface area contributed by atoms with Gasteiger partial charge in [-0.05, 0) is 23.7 Å². The van der Waals surface area contributed by atoms with Gasteiger partial charge in [0, 0.05) is 0 Å². The predicted molar refractivity (Wildman–Crippen MR) is 46.6 cm³/mol. The molecule has 0 saturated carbocycles. The quantitative estimate of drug-likeness (QED) is 0.530. The Morgan fingerprint density at radius 3 is 2.33 bits per heavy atom. The molecule has 5 heteroatoms. The second-order valence-corrected chi connectivity index (χ2v) is 3.12. The van der Waals surface area contributed by atoms with Gasteiger partial charge in [0.25, 0.3) is 5.24 Å². The van der Waals surface area contributed by atoms with Crippen LogP contribution in [0.3, 0.4) is 0 Å². The molecule has 0 atom stereocenters. The fourth-order valence-corrected chi connectivity index (χ4v) is 1.34. The summed E-state index contributed by atoms with van der Waals surface area (Å²) in [6, 6.07) is 2.28. The summed E-state index contributed by atoms with van der Waals surface area (Å²) in [5.74, 6) is -0.774. The highest BCUT2D eigenvalue weighted by atomic mass is 35.5. The summed E-state index contributed by atoms with van der Waals surface area (Å²) in [5, 5.41) is -1.02. The topological polar surface area (TPSA) is 17.1 Å². The van der Waals surface area contributed by atoms with E-state index in [0.29, 0.717) is 0 Å². The van der Waals surface area contributed by atoms with E-state index < -0.39 is 11.1 Å². The minimum absolute atomic E-state index is 0.0991. The molecule has 0 aromatic heterocycles. The molecule has 0 fully saturated rings. The predicted octanol–water partition coefficient (Wildman–Crippen LogP) is 3.51. The third kappa shape index (κ3) is 1.71. The Bertz CT molecular complexity index is 338. The standard InChI is InChI=1S/C7H2Cl3FO/c8-3-1-2-4(11)5(6(3)9)7(10)12/h1-2H. The molecule has 0 aliphatic heterocycles. The zero-order valence-electron chi connectivity index (χ0n) is 5.57. The lowest BCUT2D eigenvalue weighted by molar-refractivity contribution is 0.107. The highest BCUT2D eigenvalue weighted by Crippen LogP contribution is 2.28. The second-order valence-electron chi connectivity index (χ2n) is 1.99. The number of carbonyl (C=O) groups excluding carboxylic acids is 1. The van der Waals surface area contributed by atoms with Gasteiger partial charge in [-0.2, -0.15) is 0 Å². The summed E-state index contributed by atoms with van der Waals surface area (Å²) < 4.78 is 12.8. The van der Waals surface area contributed by atoms with Crippen molar-refractivity contribution in [1.29, 1.82) is 0 Å². The molecule has 0 spiro atoms. The summed E-state index contributed by atoms with van der Waals surface area (Å²) in [6.07, 6.45) is 0. The monoisotopic (exact) mass is 226 g/mol. The molecule has 0 bridgehead atoms. The van der Waals surface area contributed by atoms with Gasteiger partial charge < -0.3 is 0 Å². The van der Waals surface area contributed by atoms with E-state index in [1.807, 2.05) is 0 Å². The van der Waals surface area contributed by atoms with Crippen molar-refractivity contribution >= 4 is 40.0 Å². The van der Waals surface area contributed by atoms with Crippen LogP contribution in [-0.4, -0.2) is 5.24 Å². The van der Waals surface area contributed by atoms with Gasteiger partial charge in [-0.3, -0.25) is 4.79 Å². The number of benzene rings is 1. The first-order valence-corrected chi connectivity index (χ1v) is 4.00. The summed E-state index contributed by atoms with van der Waals surface area (Å²) in [5.41, 5.74) is -0.383. The Hall–Kier alpha value is -0.310. The van der Waals surface area contributed by atoms with Crippen LogP contribution in [0.5, 0.6) is 0 Å². The molecule has 0 N–H and O–H groups in total. The molecule has 1 nitrogen and oxygen atoms in total. The SMILES string of the molecule is O=C(Cl)c1c(F)ccc(Cl)c1Cl. The molecule has 0 aliphatic rings. The van der Waals surface area contributed by atoms with Crippen LogP contribution in [0.1, 0.15) is 10.4 Å². The van der Waals surface area contributed by atoms with Crippen molar-refractivity contribution in [2.24, 2.45) is 0 Å². The molecule has 1 aromatic carbocycles. The van der Waals surface area contributed by atoms with Gasteiger partial charge in [-0.25, -0.2) is 4.39 Å². The molecule has 0 amide bonds. The Balaban J connectivity index is 3.43. The third-order valence-corrected chi connectivity index (χ3v) is 2.23. The molecule has 0 unspecified atom stereocenters. The van der Waals surface area contributed by atoms with Crippen LogP contribution in [0.2, 0.25) is 10.0 Å². The zero-order chi connectivity index (χ0) is 9.30. The van der Waals surface area contributed by atoms with Crippen molar-refractivity contribution in [1.82, 2.24) is 0 Å². The Morgan fingerprint density at radius 1 is 1.33 bits per heavy atom. The van der Waals surface area contributed by atoms with E-state index in [0.717, 1.165) is 6.07 Å². The van der Waals surface area contributed by atoms with Crippen molar-refractivity contribution in [2.75, 3.05) is 0 Å². The summed E-state index contributed by atoms with van der Waals surface area (Å²) in [6.45, 7) is 0. The molecule has 0 heterocycles. The van der Waals surface area contributed by atoms with Crippen LogP contribution in [0.25, 0.3) is 0 Å².